The van der Waals surface area contributed by atoms with Gasteiger partial charge in [0.05, 0.1) is 11.3 Å². The van der Waals surface area contributed by atoms with Gasteiger partial charge < -0.3 is 20.3 Å². The van der Waals surface area contributed by atoms with Gasteiger partial charge in [-0.25, -0.2) is 4.79 Å². The second-order valence-electron chi connectivity index (χ2n) is 5.80. The van der Waals surface area contributed by atoms with E-state index in [1.165, 1.54) is 24.3 Å². The van der Waals surface area contributed by atoms with Gasteiger partial charge in [-0.15, -0.1) is 11.3 Å². The van der Waals surface area contributed by atoms with Crippen LogP contribution in [0.15, 0.2) is 10.6 Å². The largest absolute Gasteiger partial charge is 0.447 e. The number of ether oxygens (including phenoxy) is 1. The molecule has 2 aromatic rings. The summed E-state index contributed by atoms with van der Waals surface area (Å²) < 4.78 is 9.87. The fourth-order valence-electron chi connectivity index (χ4n) is 2.70. The standard InChI is InChI=1S/C16H17N3O5S/c1-7-6-10(24-19-7)16(22)23-8(2)14(21)18-15-12(13(17)20)9-4-3-5-11(9)25-15/h6,8H,3-5H2,1-2H3,(H2,17,20)(H,18,21)/t8-/m0/s1. The Hall–Kier alpha value is -2.68. The number of thiophene rings is 1. The number of amides is 2. The van der Waals surface area contributed by atoms with Gasteiger partial charge in [0.2, 0.25) is 5.76 Å². The van der Waals surface area contributed by atoms with Crippen LogP contribution in [0.1, 0.15) is 50.4 Å². The predicted octanol–water partition coefficient (Wildman–Crippen LogP) is 1.82. The summed E-state index contributed by atoms with van der Waals surface area (Å²) in [7, 11) is 0. The lowest BCUT2D eigenvalue weighted by molar-refractivity contribution is -0.123. The minimum atomic E-state index is -1.07. The first-order chi connectivity index (χ1) is 11.9. The second kappa shape index (κ2) is 6.67. The Morgan fingerprint density at radius 2 is 2.16 bits per heavy atom. The van der Waals surface area contributed by atoms with Crippen LogP contribution in [-0.4, -0.2) is 29.0 Å². The first-order valence-corrected chi connectivity index (χ1v) is 8.58. The molecule has 0 aliphatic heterocycles. The van der Waals surface area contributed by atoms with Crippen LogP contribution >= 0.6 is 11.3 Å². The molecule has 25 heavy (non-hydrogen) atoms. The molecule has 0 spiro atoms. The SMILES string of the molecule is Cc1cc(C(=O)O[C@@H](C)C(=O)Nc2sc3c(c2C(N)=O)CCC3)on1. The summed E-state index contributed by atoms with van der Waals surface area (Å²) in [6, 6.07) is 1.42. The van der Waals surface area contributed by atoms with E-state index in [2.05, 4.69) is 10.5 Å². The molecule has 0 saturated carbocycles. The molecule has 2 heterocycles. The Balaban J connectivity index is 1.70. The normalized spacial score (nSPS) is 14.0. The van der Waals surface area contributed by atoms with Gasteiger partial charge in [-0.1, -0.05) is 5.16 Å². The summed E-state index contributed by atoms with van der Waals surface area (Å²) in [5.41, 5.74) is 7.25. The molecule has 8 nitrogen and oxygen atoms in total. The van der Waals surface area contributed by atoms with Gasteiger partial charge in [0.15, 0.2) is 6.10 Å². The van der Waals surface area contributed by atoms with Crippen molar-refractivity contribution < 1.29 is 23.6 Å². The van der Waals surface area contributed by atoms with E-state index >= 15 is 0 Å². The first-order valence-electron chi connectivity index (χ1n) is 7.76. The number of anilines is 1. The number of aromatic nitrogens is 1. The number of hydrogen-bond donors (Lipinski definition) is 2. The zero-order chi connectivity index (χ0) is 18.1. The Morgan fingerprint density at radius 3 is 2.80 bits per heavy atom. The van der Waals surface area contributed by atoms with E-state index in [1.807, 2.05) is 0 Å². The molecule has 0 aromatic carbocycles. The molecule has 2 aromatic heterocycles. The molecule has 0 bridgehead atoms. The molecule has 1 atom stereocenters. The van der Waals surface area contributed by atoms with E-state index in [0.29, 0.717) is 16.3 Å². The van der Waals surface area contributed by atoms with Crippen LogP contribution in [0.2, 0.25) is 0 Å². The van der Waals surface area contributed by atoms with Gasteiger partial charge in [0.1, 0.15) is 5.00 Å². The first kappa shape index (κ1) is 17.2. The van der Waals surface area contributed by atoms with Crippen LogP contribution in [0.5, 0.6) is 0 Å². The van der Waals surface area contributed by atoms with Crippen molar-refractivity contribution >= 4 is 34.1 Å². The maximum absolute atomic E-state index is 12.3. The zero-order valence-electron chi connectivity index (χ0n) is 13.8. The van der Waals surface area contributed by atoms with Crippen molar-refractivity contribution in [1.82, 2.24) is 5.16 Å². The van der Waals surface area contributed by atoms with Crippen LogP contribution < -0.4 is 11.1 Å². The number of primary amides is 1. The number of nitrogens with zero attached hydrogens (tertiary/aromatic N) is 1. The fourth-order valence-corrected chi connectivity index (χ4v) is 4.00. The lowest BCUT2D eigenvalue weighted by Crippen LogP contribution is -2.30. The van der Waals surface area contributed by atoms with Gasteiger partial charge in [-0.05, 0) is 38.7 Å². The zero-order valence-corrected chi connectivity index (χ0v) is 14.6. The number of nitrogens with two attached hydrogens (primary N) is 1. The molecule has 1 aliphatic carbocycles. The summed E-state index contributed by atoms with van der Waals surface area (Å²) in [6.45, 7) is 3.10. The number of carbonyl (C=O) groups is 3. The van der Waals surface area contributed by atoms with Crippen LogP contribution in [0.3, 0.4) is 0 Å². The summed E-state index contributed by atoms with van der Waals surface area (Å²) in [4.78, 5) is 37.0. The molecule has 2 amide bonds. The molecule has 0 radical (unpaired) electrons. The minimum absolute atomic E-state index is 0.0786. The molecule has 132 valence electrons. The van der Waals surface area contributed by atoms with Crippen molar-refractivity contribution in [1.29, 1.82) is 0 Å². The van der Waals surface area contributed by atoms with E-state index in [0.717, 1.165) is 29.7 Å². The maximum Gasteiger partial charge on any atom is 0.377 e. The maximum atomic E-state index is 12.3. The Kier molecular flexibility index (Phi) is 4.58. The third-order valence-corrected chi connectivity index (χ3v) is 5.09. The van der Waals surface area contributed by atoms with Crippen LogP contribution in [0.25, 0.3) is 0 Å². The number of rotatable bonds is 5. The molecule has 3 rings (SSSR count). The number of nitrogens with one attached hydrogen (secondary N) is 1. The average molecular weight is 363 g/mol. The highest BCUT2D eigenvalue weighted by molar-refractivity contribution is 7.17. The molecular weight excluding hydrogens is 346 g/mol. The van der Waals surface area contributed by atoms with Gasteiger partial charge in [0.25, 0.3) is 11.8 Å². The number of esters is 1. The van der Waals surface area contributed by atoms with Crippen LogP contribution in [-0.2, 0) is 22.4 Å². The highest BCUT2D eigenvalue weighted by Gasteiger charge is 2.28. The lowest BCUT2D eigenvalue weighted by Gasteiger charge is -2.12. The molecule has 0 saturated heterocycles. The van der Waals surface area contributed by atoms with Gasteiger partial charge in [0, 0.05) is 10.9 Å². The fraction of sp³-hybridized carbons (Fsp3) is 0.375. The van der Waals surface area contributed by atoms with E-state index in [4.69, 9.17) is 15.0 Å². The minimum Gasteiger partial charge on any atom is -0.447 e. The van der Waals surface area contributed by atoms with Crippen LogP contribution in [0.4, 0.5) is 5.00 Å². The topological polar surface area (TPSA) is 125 Å². The van der Waals surface area contributed by atoms with E-state index in [1.54, 1.807) is 6.92 Å². The predicted molar refractivity (Wildman–Crippen MR) is 89.6 cm³/mol. The van der Waals surface area contributed by atoms with Crippen LogP contribution in [0, 0.1) is 6.92 Å². The monoisotopic (exact) mass is 363 g/mol. The Labute approximate surface area is 147 Å². The molecule has 0 fully saturated rings. The number of fused-ring (bicyclic) bond motifs is 1. The Bertz CT molecular complexity index is 854. The molecule has 0 unspecified atom stereocenters. The lowest BCUT2D eigenvalue weighted by atomic mass is 10.1. The summed E-state index contributed by atoms with van der Waals surface area (Å²) in [5.74, 6) is -1.99. The number of carbonyl (C=O) groups excluding carboxylic acids is 3. The highest BCUT2D eigenvalue weighted by Crippen LogP contribution is 2.38. The number of hydrogen-bond acceptors (Lipinski definition) is 7. The average Bonchev–Trinajstić information content (AvgIpc) is 3.22. The quantitative estimate of drug-likeness (QED) is 0.781. The van der Waals surface area contributed by atoms with Crippen molar-refractivity contribution in [2.75, 3.05) is 5.32 Å². The summed E-state index contributed by atoms with van der Waals surface area (Å²) in [5, 5.41) is 6.63. The van der Waals surface area contributed by atoms with Gasteiger partial charge in [-0.3, -0.25) is 9.59 Å². The van der Waals surface area contributed by atoms with Gasteiger partial charge in [-0.2, -0.15) is 0 Å². The third-order valence-electron chi connectivity index (χ3n) is 3.89. The second-order valence-corrected chi connectivity index (χ2v) is 6.90. The van der Waals surface area contributed by atoms with E-state index in [9.17, 15) is 14.4 Å². The molecule has 1 aliphatic rings. The van der Waals surface area contributed by atoms with Crippen molar-refractivity contribution in [3.05, 3.63) is 33.5 Å². The molecular formula is C16H17N3O5S. The summed E-state index contributed by atoms with van der Waals surface area (Å²) >= 11 is 1.34. The smallest absolute Gasteiger partial charge is 0.377 e. The van der Waals surface area contributed by atoms with Crippen molar-refractivity contribution in [2.24, 2.45) is 5.73 Å². The van der Waals surface area contributed by atoms with Crippen molar-refractivity contribution in [2.45, 2.75) is 39.2 Å². The highest BCUT2D eigenvalue weighted by atomic mass is 32.1. The van der Waals surface area contributed by atoms with E-state index < -0.39 is 23.9 Å². The molecule has 3 N–H and O–H groups in total. The van der Waals surface area contributed by atoms with Gasteiger partial charge >= 0.3 is 5.97 Å². The third kappa shape index (κ3) is 3.41. The Morgan fingerprint density at radius 1 is 1.40 bits per heavy atom. The van der Waals surface area contributed by atoms with Crippen molar-refractivity contribution in [3.63, 3.8) is 0 Å². The van der Waals surface area contributed by atoms with E-state index in [-0.39, 0.29) is 5.76 Å². The number of aryl methyl sites for hydroxylation is 2. The van der Waals surface area contributed by atoms with Crippen molar-refractivity contribution in [3.8, 4) is 0 Å². The summed E-state index contributed by atoms with van der Waals surface area (Å²) in [6.07, 6.45) is 1.54. The molecule has 9 heteroatoms.